The van der Waals surface area contributed by atoms with E-state index in [-0.39, 0.29) is 0 Å². The van der Waals surface area contributed by atoms with Crippen LogP contribution in [-0.4, -0.2) is 17.5 Å². The highest BCUT2D eigenvalue weighted by molar-refractivity contribution is 6.16. The number of fused-ring (bicyclic) bond motifs is 1. The second-order valence-electron chi connectivity index (χ2n) is 7.62. The van der Waals surface area contributed by atoms with Crippen LogP contribution in [0.2, 0.25) is 0 Å². The highest BCUT2D eigenvalue weighted by Crippen LogP contribution is 2.59. The number of carbonyl (C=O) groups excluding carboxylic acids is 2. The fraction of sp³-hybridized carbons (Fsp3) is 0.333. The Morgan fingerprint density at radius 3 is 2.24 bits per heavy atom. The first-order valence-electron chi connectivity index (χ1n) is 8.48. The van der Waals surface area contributed by atoms with Crippen molar-refractivity contribution < 1.29 is 14.3 Å². The summed E-state index contributed by atoms with van der Waals surface area (Å²) in [6, 6.07) is 10.1. The van der Waals surface area contributed by atoms with Crippen molar-refractivity contribution in [3.05, 3.63) is 64.4 Å². The maximum Gasteiger partial charge on any atom is 0.346 e. The van der Waals surface area contributed by atoms with E-state index in [1.165, 1.54) is 0 Å². The minimum absolute atomic E-state index is 0.446. The smallest absolute Gasteiger partial charge is 0.346 e. The van der Waals surface area contributed by atoms with E-state index in [0.717, 1.165) is 22.5 Å². The van der Waals surface area contributed by atoms with Gasteiger partial charge >= 0.3 is 11.9 Å². The van der Waals surface area contributed by atoms with Crippen LogP contribution in [0.3, 0.4) is 0 Å². The predicted molar refractivity (Wildman–Crippen MR) is 95.7 cm³/mol. The van der Waals surface area contributed by atoms with E-state index in [9.17, 15) is 9.59 Å². The minimum atomic E-state index is -0.593. The number of allylic oxidation sites excluding steroid dienone is 1. The number of esters is 2. The van der Waals surface area contributed by atoms with Crippen molar-refractivity contribution in [2.45, 2.75) is 40.2 Å². The van der Waals surface area contributed by atoms with Crippen molar-refractivity contribution in [2.24, 2.45) is 5.41 Å². The van der Waals surface area contributed by atoms with E-state index >= 15 is 0 Å². The largest absolute Gasteiger partial charge is 0.386 e. The number of anilines is 1. The molecule has 1 aromatic carbocycles. The lowest BCUT2D eigenvalue weighted by molar-refractivity contribution is -0.151. The molecule has 4 nitrogen and oxygen atoms in total. The van der Waals surface area contributed by atoms with Crippen molar-refractivity contribution in [3.63, 3.8) is 0 Å². The Balaban J connectivity index is 2.03. The van der Waals surface area contributed by atoms with Gasteiger partial charge in [0.15, 0.2) is 0 Å². The number of ether oxygens (including phenoxy) is 1. The summed E-state index contributed by atoms with van der Waals surface area (Å²) in [5.74, 6) is -1.04. The zero-order valence-corrected chi connectivity index (χ0v) is 15.1. The molecule has 0 saturated heterocycles. The number of cyclic esters (lactones) is 2. The highest BCUT2D eigenvalue weighted by Gasteiger charge is 2.61. The molecule has 0 aromatic heterocycles. The first kappa shape index (κ1) is 15.9. The molecule has 4 heteroatoms. The Morgan fingerprint density at radius 2 is 1.60 bits per heavy atom. The summed E-state index contributed by atoms with van der Waals surface area (Å²) >= 11 is 0. The lowest BCUT2D eigenvalue weighted by atomic mass is 9.59. The van der Waals surface area contributed by atoms with Gasteiger partial charge in [0.1, 0.15) is 0 Å². The Kier molecular flexibility index (Phi) is 3.00. The second kappa shape index (κ2) is 4.72. The Bertz CT molecular complexity index is 918. The summed E-state index contributed by atoms with van der Waals surface area (Å²) in [5.41, 5.74) is 3.94. The summed E-state index contributed by atoms with van der Waals surface area (Å²) in [4.78, 5) is 27.0. The first-order chi connectivity index (χ1) is 11.7. The lowest BCUT2D eigenvalue weighted by Crippen LogP contribution is -2.57. The monoisotopic (exact) mass is 335 g/mol. The van der Waals surface area contributed by atoms with E-state index in [1.807, 2.05) is 39.0 Å². The van der Waals surface area contributed by atoms with Gasteiger partial charge in [-0.25, -0.2) is 9.59 Å². The predicted octanol–water partition coefficient (Wildman–Crippen LogP) is 3.91. The Labute approximate surface area is 147 Å². The van der Waals surface area contributed by atoms with Crippen molar-refractivity contribution in [1.29, 1.82) is 0 Å². The van der Waals surface area contributed by atoms with E-state index in [0.29, 0.717) is 11.1 Å². The van der Waals surface area contributed by atoms with Crippen LogP contribution in [-0.2, 0) is 14.3 Å². The van der Waals surface area contributed by atoms with Gasteiger partial charge in [-0.05, 0) is 50.1 Å². The summed E-state index contributed by atoms with van der Waals surface area (Å²) < 4.78 is 4.97. The number of benzene rings is 1. The number of carbonyl (C=O) groups is 2. The molecule has 1 unspecified atom stereocenters. The molecular formula is C21H21NO3. The third kappa shape index (κ3) is 1.72. The number of nitrogens with zero attached hydrogens (tertiary/aromatic N) is 1. The molecule has 0 N–H and O–H groups in total. The molecule has 0 radical (unpaired) electrons. The van der Waals surface area contributed by atoms with Crippen molar-refractivity contribution >= 4 is 17.6 Å². The molecule has 128 valence electrons. The quantitative estimate of drug-likeness (QED) is 0.577. The molecule has 0 bridgehead atoms. The average Bonchev–Trinajstić information content (AvgIpc) is 3.01. The zero-order valence-electron chi connectivity index (χ0n) is 15.1. The molecule has 1 aliphatic carbocycles. The van der Waals surface area contributed by atoms with Gasteiger partial charge in [0, 0.05) is 16.8 Å². The molecule has 4 rings (SSSR count). The van der Waals surface area contributed by atoms with Gasteiger partial charge in [-0.15, -0.1) is 0 Å². The number of para-hydroxylation sites is 1. The summed E-state index contributed by atoms with van der Waals surface area (Å²) in [6.07, 6.45) is 2.13. The van der Waals surface area contributed by atoms with Crippen molar-refractivity contribution in [3.8, 4) is 0 Å². The van der Waals surface area contributed by atoms with Gasteiger partial charge in [-0.2, -0.15) is 0 Å². The Morgan fingerprint density at radius 1 is 0.960 bits per heavy atom. The lowest BCUT2D eigenvalue weighted by Gasteiger charge is -2.52. The topological polar surface area (TPSA) is 46.6 Å². The van der Waals surface area contributed by atoms with Crippen LogP contribution < -0.4 is 4.90 Å². The van der Waals surface area contributed by atoms with Crippen LogP contribution in [0.5, 0.6) is 0 Å². The SMILES string of the molecule is CC1=CC2=C(C)C3=C(C(=O)OC3=O)C(C)(C)C2(C)N1c1ccccc1. The van der Waals surface area contributed by atoms with Crippen LogP contribution in [0.4, 0.5) is 5.69 Å². The molecule has 0 amide bonds. The Hall–Kier alpha value is -2.62. The maximum absolute atomic E-state index is 12.5. The third-order valence-electron chi connectivity index (χ3n) is 6.16. The van der Waals surface area contributed by atoms with Gasteiger partial charge < -0.3 is 9.64 Å². The molecular weight excluding hydrogens is 314 g/mol. The second-order valence-corrected chi connectivity index (χ2v) is 7.62. The normalized spacial score (nSPS) is 27.4. The molecule has 0 saturated carbocycles. The first-order valence-corrected chi connectivity index (χ1v) is 8.48. The van der Waals surface area contributed by atoms with Crippen LogP contribution in [0.25, 0.3) is 0 Å². The van der Waals surface area contributed by atoms with Gasteiger partial charge in [-0.3, -0.25) is 0 Å². The fourth-order valence-electron chi connectivity index (χ4n) is 4.69. The molecule has 0 spiro atoms. The van der Waals surface area contributed by atoms with E-state index in [4.69, 9.17) is 4.74 Å². The number of hydrogen-bond acceptors (Lipinski definition) is 4. The van der Waals surface area contributed by atoms with Crippen LogP contribution in [0.15, 0.2) is 64.4 Å². The maximum atomic E-state index is 12.5. The molecule has 0 fully saturated rings. The average molecular weight is 335 g/mol. The van der Waals surface area contributed by atoms with E-state index < -0.39 is 22.9 Å². The van der Waals surface area contributed by atoms with E-state index in [1.54, 1.807) is 0 Å². The van der Waals surface area contributed by atoms with Gasteiger partial charge in [0.2, 0.25) is 0 Å². The van der Waals surface area contributed by atoms with Crippen molar-refractivity contribution in [2.75, 3.05) is 4.90 Å². The highest BCUT2D eigenvalue weighted by atomic mass is 16.6. The van der Waals surface area contributed by atoms with Crippen LogP contribution in [0, 0.1) is 5.41 Å². The van der Waals surface area contributed by atoms with Gasteiger partial charge in [0.05, 0.1) is 16.7 Å². The molecule has 1 atom stereocenters. The minimum Gasteiger partial charge on any atom is -0.386 e. The summed E-state index contributed by atoms with van der Waals surface area (Å²) in [7, 11) is 0. The summed E-state index contributed by atoms with van der Waals surface area (Å²) in [6.45, 7) is 10.2. The molecule has 2 heterocycles. The molecule has 3 aliphatic rings. The zero-order chi connectivity index (χ0) is 18.1. The van der Waals surface area contributed by atoms with Crippen LogP contribution >= 0.6 is 0 Å². The standard InChI is InChI=1S/C21H21NO3/c1-12-11-15-13(2)16-17(19(24)25-18(16)23)20(3,4)21(15,5)22(12)14-9-7-6-8-10-14/h6-11H,1-5H3. The molecule has 1 aromatic rings. The fourth-order valence-corrected chi connectivity index (χ4v) is 4.69. The van der Waals surface area contributed by atoms with Gasteiger partial charge in [0.25, 0.3) is 0 Å². The number of hydrogen-bond donors (Lipinski definition) is 0. The molecule has 25 heavy (non-hydrogen) atoms. The van der Waals surface area contributed by atoms with Gasteiger partial charge in [-0.1, -0.05) is 32.0 Å². The van der Waals surface area contributed by atoms with E-state index in [2.05, 4.69) is 37.0 Å². The van der Waals surface area contributed by atoms with Crippen LogP contribution in [0.1, 0.15) is 34.6 Å². The summed E-state index contributed by atoms with van der Waals surface area (Å²) in [5, 5.41) is 0. The molecule has 2 aliphatic heterocycles. The number of rotatable bonds is 1. The van der Waals surface area contributed by atoms with Crippen molar-refractivity contribution in [1.82, 2.24) is 0 Å². The third-order valence-corrected chi connectivity index (χ3v) is 6.16.